The lowest BCUT2D eigenvalue weighted by atomic mass is 9.76. The Morgan fingerprint density at radius 3 is 1.95 bits per heavy atom. The zero-order valence-electron chi connectivity index (χ0n) is 10.7. The molecule has 0 radical (unpaired) electrons. The quantitative estimate of drug-likeness (QED) is 0.789. The van der Waals surface area contributed by atoms with E-state index in [2.05, 4.69) is 0 Å². The van der Waals surface area contributed by atoms with Gasteiger partial charge in [-0.2, -0.15) is 26.3 Å². The van der Waals surface area contributed by atoms with Gasteiger partial charge < -0.3 is 5.73 Å². The SMILES string of the molecule is N[C@H](c1c(F)cc(C(F)(F)F)cc1C(F)(F)F)C1CCC1. The zero-order valence-corrected chi connectivity index (χ0v) is 10.7. The molecule has 118 valence electrons. The van der Waals surface area contributed by atoms with Crippen molar-refractivity contribution in [3.63, 3.8) is 0 Å². The van der Waals surface area contributed by atoms with Crippen LogP contribution in [0.1, 0.15) is 42.0 Å². The lowest BCUT2D eigenvalue weighted by Gasteiger charge is -2.33. The van der Waals surface area contributed by atoms with Gasteiger partial charge in [-0.3, -0.25) is 0 Å². The van der Waals surface area contributed by atoms with Crippen molar-refractivity contribution in [2.24, 2.45) is 11.7 Å². The maximum absolute atomic E-state index is 13.9. The average molecular weight is 315 g/mol. The molecule has 0 aromatic heterocycles. The second-order valence-electron chi connectivity index (χ2n) is 5.13. The van der Waals surface area contributed by atoms with Gasteiger partial charge in [-0.25, -0.2) is 4.39 Å². The molecule has 0 aliphatic heterocycles. The van der Waals surface area contributed by atoms with Crippen molar-refractivity contribution in [3.05, 3.63) is 34.6 Å². The van der Waals surface area contributed by atoms with Crippen LogP contribution in [0.2, 0.25) is 0 Å². The maximum atomic E-state index is 13.9. The monoisotopic (exact) mass is 315 g/mol. The Morgan fingerprint density at radius 1 is 1.00 bits per heavy atom. The van der Waals surface area contributed by atoms with E-state index in [9.17, 15) is 30.7 Å². The van der Waals surface area contributed by atoms with Crippen molar-refractivity contribution in [1.29, 1.82) is 0 Å². The van der Waals surface area contributed by atoms with Crippen LogP contribution in [0.4, 0.5) is 30.7 Å². The molecule has 21 heavy (non-hydrogen) atoms. The molecule has 1 saturated carbocycles. The molecule has 8 heteroatoms. The Labute approximate surface area is 115 Å². The van der Waals surface area contributed by atoms with E-state index in [1.807, 2.05) is 0 Å². The fourth-order valence-corrected chi connectivity index (χ4v) is 2.39. The highest BCUT2D eigenvalue weighted by atomic mass is 19.4. The van der Waals surface area contributed by atoms with E-state index in [-0.39, 0.29) is 18.1 Å². The molecule has 1 atom stereocenters. The van der Waals surface area contributed by atoms with Crippen LogP contribution >= 0.6 is 0 Å². The van der Waals surface area contributed by atoms with Gasteiger partial charge in [0.25, 0.3) is 0 Å². The second-order valence-corrected chi connectivity index (χ2v) is 5.13. The van der Waals surface area contributed by atoms with E-state index < -0.39 is 40.9 Å². The lowest BCUT2D eigenvalue weighted by molar-refractivity contribution is -0.144. The van der Waals surface area contributed by atoms with E-state index in [1.54, 1.807) is 0 Å². The molecule has 2 N–H and O–H groups in total. The van der Waals surface area contributed by atoms with Crippen molar-refractivity contribution in [1.82, 2.24) is 0 Å². The Hall–Kier alpha value is -1.31. The summed E-state index contributed by atoms with van der Waals surface area (Å²) >= 11 is 0. The molecule has 1 nitrogen and oxygen atoms in total. The van der Waals surface area contributed by atoms with E-state index in [1.165, 1.54) is 0 Å². The Morgan fingerprint density at radius 2 is 1.57 bits per heavy atom. The van der Waals surface area contributed by atoms with Gasteiger partial charge in [0, 0.05) is 11.6 Å². The van der Waals surface area contributed by atoms with E-state index >= 15 is 0 Å². The molecule has 0 amide bonds. The van der Waals surface area contributed by atoms with Crippen molar-refractivity contribution >= 4 is 0 Å². The summed E-state index contributed by atoms with van der Waals surface area (Å²) < 4.78 is 90.3. The Kier molecular flexibility index (Phi) is 3.94. The van der Waals surface area contributed by atoms with Crippen LogP contribution in [-0.4, -0.2) is 0 Å². The summed E-state index contributed by atoms with van der Waals surface area (Å²) in [6.45, 7) is 0. The molecule has 0 unspecified atom stereocenters. The summed E-state index contributed by atoms with van der Waals surface area (Å²) in [5, 5.41) is 0. The highest BCUT2D eigenvalue weighted by Gasteiger charge is 2.42. The van der Waals surface area contributed by atoms with Crippen LogP contribution < -0.4 is 5.73 Å². The zero-order chi connectivity index (χ0) is 16.0. The van der Waals surface area contributed by atoms with Gasteiger partial charge >= 0.3 is 12.4 Å². The number of nitrogens with two attached hydrogens (primary N) is 1. The predicted octanol–water partition coefficient (Wildman–Crippen LogP) is 4.66. The van der Waals surface area contributed by atoms with Gasteiger partial charge in [0.15, 0.2) is 0 Å². The summed E-state index contributed by atoms with van der Waals surface area (Å²) in [5.74, 6) is -1.89. The summed E-state index contributed by atoms with van der Waals surface area (Å²) in [7, 11) is 0. The first-order valence-electron chi connectivity index (χ1n) is 6.25. The normalized spacial score (nSPS) is 18.5. The van der Waals surface area contributed by atoms with Crippen LogP contribution in [0.25, 0.3) is 0 Å². The van der Waals surface area contributed by atoms with E-state index in [0.717, 1.165) is 6.42 Å². The minimum absolute atomic E-state index is 0.0725. The van der Waals surface area contributed by atoms with Crippen molar-refractivity contribution in [3.8, 4) is 0 Å². The first kappa shape index (κ1) is 16.1. The maximum Gasteiger partial charge on any atom is 0.416 e. The number of alkyl halides is 6. The standard InChI is InChI=1S/C13H12F7N/c14-9-5-7(12(15,16)17)4-8(13(18,19)20)10(9)11(21)6-2-1-3-6/h4-6,11H,1-3,21H2/t11-/m0/s1. The molecule has 0 bridgehead atoms. The molecule has 1 aliphatic rings. The third kappa shape index (κ3) is 3.14. The Balaban J connectivity index is 2.57. The number of rotatable bonds is 2. The molecule has 0 saturated heterocycles. The summed E-state index contributed by atoms with van der Waals surface area (Å²) in [4.78, 5) is 0. The largest absolute Gasteiger partial charge is 0.416 e. The minimum atomic E-state index is -5.10. The molecule has 1 aromatic carbocycles. The van der Waals surface area contributed by atoms with Gasteiger partial charge in [-0.15, -0.1) is 0 Å². The number of hydrogen-bond donors (Lipinski definition) is 1. The summed E-state index contributed by atoms with van der Waals surface area (Å²) in [6, 6.07) is -1.25. The minimum Gasteiger partial charge on any atom is -0.324 e. The van der Waals surface area contributed by atoms with Crippen molar-refractivity contribution in [2.75, 3.05) is 0 Å². The van der Waals surface area contributed by atoms with Crippen LogP contribution in [0.3, 0.4) is 0 Å². The lowest BCUT2D eigenvalue weighted by Crippen LogP contribution is -2.30. The topological polar surface area (TPSA) is 26.0 Å². The molecule has 1 aliphatic carbocycles. The molecule has 0 spiro atoms. The van der Waals surface area contributed by atoms with Crippen LogP contribution in [0, 0.1) is 11.7 Å². The highest BCUT2D eigenvalue weighted by molar-refractivity contribution is 5.39. The molecule has 1 aromatic rings. The van der Waals surface area contributed by atoms with Gasteiger partial charge in [0.1, 0.15) is 5.82 Å². The second kappa shape index (κ2) is 5.15. The first-order chi connectivity index (χ1) is 9.51. The Bertz CT molecular complexity index is 529. The highest BCUT2D eigenvalue weighted by Crippen LogP contribution is 2.44. The van der Waals surface area contributed by atoms with Crippen LogP contribution in [-0.2, 0) is 12.4 Å². The molecular weight excluding hydrogens is 303 g/mol. The third-order valence-electron chi connectivity index (χ3n) is 3.75. The van der Waals surface area contributed by atoms with Crippen LogP contribution in [0.15, 0.2) is 12.1 Å². The van der Waals surface area contributed by atoms with Gasteiger partial charge in [0.2, 0.25) is 0 Å². The fraction of sp³-hybridized carbons (Fsp3) is 0.538. The fourth-order valence-electron chi connectivity index (χ4n) is 2.39. The van der Waals surface area contributed by atoms with Gasteiger partial charge in [-0.1, -0.05) is 6.42 Å². The first-order valence-corrected chi connectivity index (χ1v) is 6.25. The van der Waals surface area contributed by atoms with E-state index in [0.29, 0.717) is 12.8 Å². The van der Waals surface area contributed by atoms with Crippen molar-refractivity contribution < 1.29 is 30.7 Å². The van der Waals surface area contributed by atoms with Crippen LogP contribution in [0.5, 0.6) is 0 Å². The predicted molar refractivity (Wildman–Crippen MR) is 60.7 cm³/mol. The number of hydrogen-bond acceptors (Lipinski definition) is 1. The van der Waals surface area contributed by atoms with Gasteiger partial charge in [-0.05, 0) is 30.9 Å². The molecule has 1 fully saturated rings. The summed E-state index contributed by atoms with van der Waals surface area (Å²) in [6.07, 6.45) is -8.31. The average Bonchev–Trinajstić information content (AvgIpc) is 2.22. The molecule has 2 rings (SSSR count). The summed E-state index contributed by atoms with van der Waals surface area (Å²) in [5.41, 5.74) is 1.45. The smallest absolute Gasteiger partial charge is 0.324 e. The van der Waals surface area contributed by atoms with Gasteiger partial charge in [0.05, 0.1) is 11.1 Å². The van der Waals surface area contributed by atoms with E-state index in [4.69, 9.17) is 5.73 Å². The molecular formula is C13H12F7N. The number of benzene rings is 1. The third-order valence-corrected chi connectivity index (χ3v) is 3.75. The molecule has 0 heterocycles. The van der Waals surface area contributed by atoms with Crippen molar-refractivity contribution in [2.45, 2.75) is 37.7 Å². The number of halogens is 7.